The van der Waals surface area contributed by atoms with Crippen LogP contribution in [0.5, 0.6) is 0 Å². The molecule has 19 heavy (non-hydrogen) atoms. The Morgan fingerprint density at radius 3 is 3.00 bits per heavy atom. The highest BCUT2D eigenvalue weighted by Gasteiger charge is 2.29. The van der Waals surface area contributed by atoms with Crippen LogP contribution in [0.2, 0.25) is 0 Å². The molecule has 1 saturated carbocycles. The van der Waals surface area contributed by atoms with Gasteiger partial charge in [0, 0.05) is 44.4 Å². The van der Waals surface area contributed by atoms with Crippen molar-refractivity contribution in [3.05, 3.63) is 35.5 Å². The zero-order valence-electron chi connectivity index (χ0n) is 11.0. The Kier molecular flexibility index (Phi) is 2.85. The summed E-state index contributed by atoms with van der Waals surface area (Å²) in [5.41, 5.74) is 1.37. The van der Waals surface area contributed by atoms with Gasteiger partial charge in [0.15, 0.2) is 5.69 Å². The fourth-order valence-corrected chi connectivity index (χ4v) is 2.05. The molecule has 2 aromatic heterocycles. The summed E-state index contributed by atoms with van der Waals surface area (Å²) in [5.74, 6) is 1.18. The van der Waals surface area contributed by atoms with E-state index in [9.17, 15) is 4.79 Å². The Hall–Kier alpha value is -2.11. The van der Waals surface area contributed by atoms with Crippen LogP contribution in [0.1, 0.15) is 40.6 Å². The number of hydrogen-bond acceptors (Lipinski definition) is 4. The molecule has 6 heteroatoms. The molecule has 0 bridgehead atoms. The molecule has 0 atom stereocenters. The summed E-state index contributed by atoms with van der Waals surface area (Å²) in [6, 6.07) is 1.76. The fraction of sp³-hybridized carbons (Fsp3) is 0.462. The van der Waals surface area contributed by atoms with Gasteiger partial charge in [0.2, 0.25) is 0 Å². The predicted molar refractivity (Wildman–Crippen MR) is 67.5 cm³/mol. The van der Waals surface area contributed by atoms with E-state index in [-0.39, 0.29) is 5.91 Å². The topological polar surface area (TPSA) is 64.2 Å². The molecule has 1 amide bonds. The average molecular weight is 260 g/mol. The first kappa shape index (κ1) is 12.0. The molecule has 2 heterocycles. The van der Waals surface area contributed by atoms with Gasteiger partial charge in [-0.25, -0.2) is 0 Å². The second kappa shape index (κ2) is 4.53. The van der Waals surface area contributed by atoms with Crippen LogP contribution in [0.4, 0.5) is 0 Å². The minimum Gasteiger partial charge on any atom is -0.360 e. The van der Waals surface area contributed by atoms with Crippen molar-refractivity contribution >= 4 is 5.91 Å². The maximum atomic E-state index is 12.2. The summed E-state index contributed by atoms with van der Waals surface area (Å²) in [5, 5.41) is 7.94. The summed E-state index contributed by atoms with van der Waals surface area (Å²) < 4.78 is 6.92. The molecule has 0 radical (unpaired) electrons. The summed E-state index contributed by atoms with van der Waals surface area (Å²) in [4.78, 5) is 13.8. The Morgan fingerprint density at radius 2 is 2.37 bits per heavy atom. The van der Waals surface area contributed by atoms with E-state index < -0.39 is 0 Å². The molecule has 3 rings (SSSR count). The van der Waals surface area contributed by atoms with Crippen molar-refractivity contribution in [1.82, 2.24) is 19.8 Å². The van der Waals surface area contributed by atoms with Gasteiger partial charge in [-0.15, -0.1) is 0 Å². The molecule has 1 aliphatic rings. The van der Waals surface area contributed by atoms with E-state index in [1.54, 1.807) is 28.9 Å². The number of carbonyl (C=O) groups excluding carboxylic acids is 1. The van der Waals surface area contributed by atoms with Crippen LogP contribution in [0.15, 0.2) is 23.0 Å². The first-order chi connectivity index (χ1) is 9.13. The molecule has 2 aromatic rings. The van der Waals surface area contributed by atoms with Crippen LogP contribution in [-0.2, 0) is 13.6 Å². The minimum absolute atomic E-state index is 0.125. The van der Waals surface area contributed by atoms with Gasteiger partial charge in [-0.1, -0.05) is 5.16 Å². The van der Waals surface area contributed by atoms with Gasteiger partial charge in [-0.2, -0.15) is 5.10 Å². The number of aromatic nitrogens is 3. The predicted octanol–water partition coefficient (Wildman–Crippen LogP) is 1.56. The van der Waals surface area contributed by atoms with E-state index in [0.717, 1.165) is 24.2 Å². The van der Waals surface area contributed by atoms with E-state index >= 15 is 0 Å². The third-order valence-electron chi connectivity index (χ3n) is 3.25. The molecule has 100 valence electrons. The zero-order valence-corrected chi connectivity index (χ0v) is 11.0. The summed E-state index contributed by atoms with van der Waals surface area (Å²) >= 11 is 0. The molecule has 0 N–H and O–H groups in total. The zero-order chi connectivity index (χ0) is 13.4. The number of amides is 1. The lowest BCUT2D eigenvalue weighted by Crippen LogP contribution is -2.26. The standard InChI is InChI=1S/C13H16N4O2/c1-16(7-9-6-14-17(2)8-9)13(18)11-5-12(19-15-11)10-3-4-10/h5-6,8,10H,3-4,7H2,1-2H3. The van der Waals surface area contributed by atoms with Crippen LogP contribution in [0.3, 0.4) is 0 Å². The van der Waals surface area contributed by atoms with Crippen molar-refractivity contribution in [3.8, 4) is 0 Å². The fourth-order valence-electron chi connectivity index (χ4n) is 2.05. The quantitative estimate of drug-likeness (QED) is 0.836. The van der Waals surface area contributed by atoms with Crippen LogP contribution in [0, 0.1) is 0 Å². The molecule has 0 aromatic carbocycles. The van der Waals surface area contributed by atoms with Crippen molar-refractivity contribution in [2.75, 3.05) is 7.05 Å². The van der Waals surface area contributed by atoms with Crippen LogP contribution >= 0.6 is 0 Å². The van der Waals surface area contributed by atoms with Gasteiger partial charge >= 0.3 is 0 Å². The lowest BCUT2D eigenvalue weighted by Gasteiger charge is -2.13. The molecule has 1 aliphatic carbocycles. The number of rotatable bonds is 4. The van der Waals surface area contributed by atoms with E-state index in [1.165, 1.54) is 0 Å². The summed E-state index contributed by atoms with van der Waals surface area (Å²) in [7, 11) is 3.60. The average Bonchev–Trinajstić information content (AvgIpc) is 2.98. The smallest absolute Gasteiger partial charge is 0.276 e. The molecule has 0 saturated heterocycles. The Balaban J connectivity index is 1.67. The summed E-state index contributed by atoms with van der Waals surface area (Å²) in [6.07, 6.45) is 5.91. The molecule has 1 fully saturated rings. The second-order valence-corrected chi connectivity index (χ2v) is 5.07. The maximum absolute atomic E-state index is 12.2. The van der Waals surface area contributed by atoms with Crippen molar-refractivity contribution in [2.45, 2.75) is 25.3 Å². The van der Waals surface area contributed by atoms with Gasteiger partial charge in [-0.05, 0) is 12.8 Å². The van der Waals surface area contributed by atoms with Crippen LogP contribution in [0.25, 0.3) is 0 Å². The first-order valence-corrected chi connectivity index (χ1v) is 6.33. The highest BCUT2D eigenvalue weighted by molar-refractivity contribution is 5.92. The van der Waals surface area contributed by atoms with E-state index in [1.807, 2.05) is 13.2 Å². The SMILES string of the molecule is CN(Cc1cnn(C)c1)C(=O)c1cc(C2CC2)on1. The molecular formula is C13H16N4O2. The Labute approximate surface area is 111 Å². The molecule has 6 nitrogen and oxygen atoms in total. The largest absolute Gasteiger partial charge is 0.360 e. The highest BCUT2D eigenvalue weighted by atomic mass is 16.5. The van der Waals surface area contributed by atoms with E-state index in [4.69, 9.17) is 4.52 Å². The molecule has 0 unspecified atom stereocenters. The van der Waals surface area contributed by atoms with E-state index in [0.29, 0.717) is 18.2 Å². The lowest BCUT2D eigenvalue weighted by molar-refractivity contribution is 0.0774. The Morgan fingerprint density at radius 1 is 1.58 bits per heavy atom. The van der Waals surface area contributed by atoms with Crippen LogP contribution in [-0.4, -0.2) is 32.8 Å². The van der Waals surface area contributed by atoms with Gasteiger partial charge in [0.1, 0.15) is 5.76 Å². The number of nitrogens with zero attached hydrogens (tertiary/aromatic N) is 4. The van der Waals surface area contributed by atoms with Crippen LogP contribution < -0.4 is 0 Å². The highest BCUT2D eigenvalue weighted by Crippen LogP contribution is 2.40. The number of carbonyl (C=O) groups is 1. The molecule has 0 spiro atoms. The maximum Gasteiger partial charge on any atom is 0.276 e. The van der Waals surface area contributed by atoms with Gasteiger partial charge in [0.25, 0.3) is 5.91 Å². The third kappa shape index (κ3) is 2.52. The summed E-state index contributed by atoms with van der Waals surface area (Å²) in [6.45, 7) is 0.512. The molecule has 0 aliphatic heterocycles. The molecular weight excluding hydrogens is 244 g/mol. The number of aryl methyl sites for hydroxylation is 1. The van der Waals surface area contributed by atoms with E-state index in [2.05, 4.69) is 10.3 Å². The second-order valence-electron chi connectivity index (χ2n) is 5.07. The first-order valence-electron chi connectivity index (χ1n) is 6.33. The minimum atomic E-state index is -0.125. The van der Waals surface area contributed by atoms with Crippen molar-refractivity contribution in [2.24, 2.45) is 7.05 Å². The van der Waals surface area contributed by atoms with Crippen molar-refractivity contribution in [3.63, 3.8) is 0 Å². The normalized spacial score (nSPS) is 14.6. The number of hydrogen-bond donors (Lipinski definition) is 0. The third-order valence-corrected chi connectivity index (χ3v) is 3.25. The Bertz CT molecular complexity index is 597. The van der Waals surface area contributed by atoms with Gasteiger partial charge in [-0.3, -0.25) is 9.48 Å². The lowest BCUT2D eigenvalue weighted by atomic mass is 10.2. The van der Waals surface area contributed by atoms with Gasteiger partial charge < -0.3 is 9.42 Å². The van der Waals surface area contributed by atoms with Crippen molar-refractivity contribution < 1.29 is 9.32 Å². The monoisotopic (exact) mass is 260 g/mol. The van der Waals surface area contributed by atoms with Gasteiger partial charge in [0.05, 0.1) is 6.20 Å². The van der Waals surface area contributed by atoms with Crippen molar-refractivity contribution in [1.29, 1.82) is 0 Å².